The van der Waals surface area contributed by atoms with Gasteiger partial charge in [-0.25, -0.2) is 60.1 Å². The first kappa shape index (κ1) is 99.2. The molecule has 5 aromatic carbocycles. The number of nitrogens with two attached hydrogens (primary N) is 2. The average Bonchev–Trinajstić information content (AvgIpc) is 1.63. The van der Waals surface area contributed by atoms with Gasteiger partial charge in [-0.2, -0.15) is 25.3 Å². The van der Waals surface area contributed by atoms with E-state index in [0.717, 1.165) is 180 Å². The van der Waals surface area contributed by atoms with Crippen molar-refractivity contribution in [2.75, 3.05) is 32.8 Å². The number of hydrogen-bond acceptors (Lipinski definition) is 29. The normalized spacial score (nSPS) is 23.8. The van der Waals surface area contributed by atoms with Gasteiger partial charge in [0.2, 0.25) is 0 Å². The molecule has 3 unspecified atom stereocenters. The number of allylic oxidation sites excluding steroid dienone is 2. The lowest BCUT2D eigenvalue weighted by Gasteiger charge is -2.16. The average molecular weight is 2020 g/mol. The van der Waals surface area contributed by atoms with Crippen LogP contribution in [0.3, 0.4) is 0 Å². The summed E-state index contributed by atoms with van der Waals surface area (Å²) in [5.41, 5.74) is 18.0. The van der Waals surface area contributed by atoms with E-state index in [0.29, 0.717) is 69.5 Å². The van der Waals surface area contributed by atoms with Crippen LogP contribution in [0.4, 0.5) is 29.1 Å². The fourth-order valence-electron chi connectivity index (χ4n) is 22.3. The number of benzene rings is 5. The minimum atomic E-state index is -4.12. The van der Waals surface area contributed by atoms with Crippen LogP contribution in [-0.4, -0.2) is 179 Å². The van der Waals surface area contributed by atoms with Gasteiger partial charge >= 0.3 is 20.6 Å². The van der Waals surface area contributed by atoms with E-state index in [2.05, 4.69) is 236 Å². The highest BCUT2D eigenvalue weighted by Crippen LogP contribution is 2.45. The lowest BCUT2D eigenvalue weighted by molar-refractivity contribution is 0.0438. The minimum Gasteiger partial charge on any atom is -0.392 e. The van der Waals surface area contributed by atoms with Crippen molar-refractivity contribution in [3.63, 3.8) is 0 Å². The van der Waals surface area contributed by atoms with Crippen LogP contribution in [0.2, 0.25) is 0 Å². The van der Waals surface area contributed by atoms with Crippen molar-refractivity contribution >= 4 is 115 Å². The molecule has 0 amide bonds. The number of H-pyrrole nitrogens is 1. The van der Waals surface area contributed by atoms with Crippen LogP contribution in [0.5, 0.6) is 0 Å². The molecule has 11 aliphatic carbocycles. The van der Waals surface area contributed by atoms with Crippen molar-refractivity contribution in [1.82, 2.24) is 73.1 Å². The molecule has 15 aromatic rings. The van der Waals surface area contributed by atoms with Crippen LogP contribution >= 0.6 is 0 Å². The molecule has 36 nitrogen and oxygen atoms in total. The van der Waals surface area contributed by atoms with Crippen LogP contribution < -0.4 is 36.9 Å². The number of aliphatic hydroxyl groups excluding tert-OH is 5. The molecule has 3 fully saturated rings. The third-order valence-electron chi connectivity index (χ3n) is 29.3. The number of anilines is 5. The zero-order chi connectivity index (χ0) is 100. The van der Waals surface area contributed by atoms with Crippen LogP contribution in [0.25, 0.3) is 55.2 Å². The summed E-state index contributed by atoms with van der Waals surface area (Å²) in [4.78, 5) is 47.5. The maximum atomic E-state index is 11.2. The van der Waals surface area contributed by atoms with Crippen molar-refractivity contribution in [2.24, 2.45) is 10.3 Å². The molecule has 26 rings (SSSR count). The Morgan fingerprint density at radius 2 is 0.607 bits per heavy atom. The number of aromatic amines is 1. The first-order valence-corrected chi connectivity index (χ1v) is 54.4. The third kappa shape index (κ3) is 23.1. The van der Waals surface area contributed by atoms with Gasteiger partial charge in [-0.3, -0.25) is 12.5 Å². The van der Waals surface area contributed by atoms with Gasteiger partial charge in [0.25, 0.3) is 10.1 Å². The van der Waals surface area contributed by atoms with Gasteiger partial charge in [-0.1, -0.05) is 158 Å². The van der Waals surface area contributed by atoms with E-state index < -0.39 is 67.4 Å². The number of aryl methyl sites for hydroxylation is 5. The molecule has 0 saturated heterocycles. The molecule has 10 aromatic heterocycles. The Balaban J connectivity index is 0.000000107. The fraction of sp³-hybridized carbons (Fsp3) is 0.377. The maximum absolute atomic E-state index is 11.2. The topological polar surface area (TPSA) is 508 Å². The quantitative estimate of drug-likeness (QED) is 0.0249. The Morgan fingerprint density at radius 1 is 0.324 bits per heavy atom. The van der Waals surface area contributed by atoms with Gasteiger partial charge in [-0.15, -0.1) is 0 Å². The number of aliphatic hydroxyl groups is 5. The second-order valence-electron chi connectivity index (χ2n) is 38.8. The van der Waals surface area contributed by atoms with Crippen LogP contribution in [0, 0.1) is 0 Å². The number of nitrogens with one attached hydrogen (secondary N) is 6. The molecule has 145 heavy (non-hydrogen) atoms. The second kappa shape index (κ2) is 43.7. The van der Waals surface area contributed by atoms with Crippen LogP contribution in [0.1, 0.15) is 219 Å². The summed E-state index contributed by atoms with van der Waals surface area (Å²) in [6, 6.07) is 54.4. The number of fused-ring (bicyclic) bond motifs is 10. The molecule has 0 radical (unpaired) electrons. The number of aromatic nitrogens is 15. The molecule has 15 N–H and O–H groups in total. The number of rotatable bonds is 20. The lowest BCUT2D eigenvalue weighted by Crippen LogP contribution is -2.29. The number of nitrogens with zero attached hydrogens (tertiary/aromatic N) is 14. The largest absolute Gasteiger partial charge is 0.392 e. The monoisotopic (exact) mass is 2020 g/mol. The molecule has 11 aliphatic rings. The van der Waals surface area contributed by atoms with Gasteiger partial charge in [0, 0.05) is 55.2 Å². The highest BCUT2D eigenvalue weighted by atomic mass is 32.2. The molecule has 14 atom stereocenters. The molecular weight excluding hydrogens is 1900 g/mol. The highest BCUT2D eigenvalue weighted by Gasteiger charge is 2.41. The van der Waals surface area contributed by atoms with Crippen molar-refractivity contribution in [3.8, 4) is 0 Å². The van der Waals surface area contributed by atoms with E-state index in [1.165, 1.54) is 68.3 Å². The molecule has 0 aliphatic heterocycles. The second-order valence-corrected chi connectivity index (χ2v) is 42.8. The fourth-order valence-corrected chi connectivity index (χ4v) is 24.1. The summed E-state index contributed by atoms with van der Waals surface area (Å²) >= 11 is 0. The summed E-state index contributed by atoms with van der Waals surface area (Å²) in [6.07, 6.45) is 44.6. The van der Waals surface area contributed by atoms with Crippen LogP contribution in [0.15, 0.2) is 251 Å². The molecule has 0 spiro atoms. The predicted molar refractivity (Wildman–Crippen MR) is 554 cm³/mol. The van der Waals surface area contributed by atoms with Gasteiger partial charge in [0.15, 0.2) is 0 Å². The van der Waals surface area contributed by atoms with Gasteiger partial charge in [-0.05, 0) is 227 Å². The number of hydrogen-bond donors (Lipinski definition) is 13. The van der Waals surface area contributed by atoms with Crippen molar-refractivity contribution < 1.29 is 63.3 Å². The van der Waals surface area contributed by atoms with E-state index in [4.69, 9.17) is 27.9 Å². The van der Waals surface area contributed by atoms with Gasteiger partial charge in [0.05, 0.1) is 100 Å². The predicted octanol–water partition coefficient (Wildman–Crippen LogP) is 15.1. The minimum absolute atomic E-state index is 0.0625. The highest BCUT2D eigenvalue weighted by molar-refractivity contribution is 7.86. The summed E-state index contributed by atoms with van der Waals surface area (Å²) in [5.74, 6) is 4.22. The maximum Gasteiger partial charge on any atom is 0.333 e. The van der Waals surface area contributed by atoms with Crippen molar-refractivity contribution in [3.05, 3.63) is 306 Å². The van der Waals surface area contributed by atoms with E-state index in [1.807, 2.05) is 82.5 Å². The molecule has 0 bridgehead atoms. The molecule has 10 heterocycles. The molecule has 39 heteroatoms. The summed E-state index contributed by atoms with van der Waals surface area (Å²) in [6.45, 7) is 0. The lowest BCUT2D eigenvalue weighted by atomic mass is 10.1. The van der Waals surface area contributed by atoms with E-state index in [1.54, 1.807) is 19.0 Å². The van der Waals surface area contributed by atoms with Crippen molar-refractivity contribution in [2.45, 2.75) is 244 Å². The Morgan fingerprint density at radius 3 is 0.917 bits per heavy atom. The smallest absolute Gasteiger partial charge is 0.333 e. The third-order valence-corrected chi connectivity index (χ3v) is 31.0. The zero-order valence-electron chi connectivity index (χ0n) is 80.1. The molecular formula is C106H120N22O14S3. The SMILES string of the molecule is C1=CCC(n2ccc3c(N[C@H]4CCc5ccccc54)ncnc32)C1.CS(=O)(=O)OC1CC=CC1.NS(=O)(=O)O[C@@H]1CC(n2ccc3c(N[C@H]4CCc5ccccc54)ncnc32)C[C@@H]1O.NS(=O)(=O)O[C@H]1CC(n2ccc3c(N[C@H]4CCc5ccccc54)ncnc32)C[C@H]1O.OC1CC=CC1.O[C@@H]1CC(n2ccc3c(N[C@H]4CCc5ccccc54)ncnc32)C[C@@H]1O.c1ccc2c(c1)CC[C@@H]2Nc1ncnc2[nH]ccc12. The van der Waals surface area contributed by atoms with E-state index in [9.17, 15) is 45.7 Å². The first-order valence-electron chi connectivity index (χ1n) is 49.7. The van der Waals surface area contributed by atoms with Crippen molar-refractivity contribution in [1.29, 1.82) is 0 Å². The first-order chi connectivity index (χ1) is 70.3. The van der Waals surface area contributed by atoms with E-state index >= 15 is 0 Å². The summed E-state index contributed by atoms with van der Waals surface area (Å²) < 4.78 is 88.7. The van der Waals surface area contributed by atoms with Gasteiger partial charge in [0.1, 0.15) is 101 Å². The summed E-state index contributed by atoms with van der Waals surface area (Å²) in [7, 11) is -11.5. The van der Waals surface area contributed by atoms with E-state index in [-0.39, 0.29) is 48.5 Å². The zero-order valence-corrected chi connectivity index (χ0v) is 82.5. The van der Waals surface area contributed by atoms with Gasteiger partial charge < -0.3 is 75.4 Å². The Kier molecular flexibility index (Phi) is 29.9. The summed E-state index contributed by atoms with van der Waals surface area (Å²) in [5, 5.41) is 81.6. The molecule has 3 saturated carbocycles. The van der Waals surface area contributed by atoms with Crippen LogP contribution in [-0.2, 0) is 75.4 Å². The Hall–Kier alpha value is -13.1. The standard InChI is InChI=1S/2C20H23N5O4S.C20H22N4O2.C20H20N4.C15H14N4.C6H10O3S.C5H8O/c2*21-30(27,28)29-18-10-13(9-17(18)26)25-8-7-15-19(22-11-23-20(15)25)24-16-6-5-12-3-1-2-4-14(12)16;25-17-9-13(10-18(17)26)24-8-7-15-19(21-11-22-20(15)24)23-16-6-5-12-3-1-2-4-14(12)16;1-4-8-16-14(5-1)9-10-18(16)23-19-17-11-12-24(15-6-2-3-7-15)20(17)22-13-21-19;1-2-4-11-10(3-1)5-6-13(11)19-15-12-7-8-16-14(12)17-9-18-15;1-10(7,8)9-6-4-2-3-5-6;6-5-3-1-2-4-5/h2*1-4,7-8,11,13,16-18,26H,5-6,9-10H2,(H2,21,27,28)(H,22,23,24);1-4,7-8,11,13,16-18,25-26H,5-6,9-10H2,(H,21,22,23);1-5,8,11-13,15,18H,6-7,9-10H2,(H,21,22,23);1-4,7-9,13H,5-6H2,(H2,16,17,18,19);2-3,6H,4-5H2,1H3;1-2,5-6H,3-4H2/t13?,16-,17+,18-;2*13?,16-,17-,18+;18-;13-;;/m00000../s1. The Labute approximate surface area is 840 Å². The Bertz CT molecular complexity index is 7380. The molecule has 756 valence electrons.